The van der Waals surface area contributed by atoms with Crippen LogP contribution in [0.4, 0.5) is 0 Å². The van der Waals surface area contributed by atoms with Crippen molar-refractivity contribution in [3.63, 3.8) is 0 Å². The molecule has 3 heteroatoms. The van der Waals surface area contributed by atoms with E-state index in [9.17, 15) is 10.2 Å². The molecule has 0 atom stereocenters. The number of hydrogen-bond donors (Lipinski definition) is 2. The number of phenolic OH excluding ortho intramolecular Hbond substituents is 2. The highest BCUT2D eigenvalue weighted by molar-refractivity contribution is 9.10. The third-order valence-corrected chi connectivity index (χ3v) is 2.60. The fourth-order valence-electron chi connectivity index (χ4n) is 1.30. The molecule has 0 aliphatic rings. The third-order valence-electron chi connectivity index (χ3n) is 1.95. The van der Waals surface area contributed by atoms with Gasteiger partial charge >= 0.3 is 0 Å². The van der Waals surface area contributed by atoms with E-state index in [4.69, 9.17) is 0 Å². The van der Waals surface area contributed by atoms with Gasteiger partial charge in [0.2, 0.25) is 0 Å². The van der Waals surface area contributed by atoms with Gasteiger partial charge in [0.05, 0.1) is 0 Å². The number of aromatic hydroxyl groups is 2. The predicted molar refractivity (Wildman–Crippen MR) is 55.0 cm³/mol. The van der Waals surface area contributed by atoms with Crippen molar-refractivity contribution in [3.05, 3.63) is 34.8 Å². The summed E-state index contributed by atoms with van der Waals surface area (Å²) in [5.74, 6) is -0.177. The predicted octanol–water partition coefficient (Wildman–Crippen LogP) is 3.01. The average molecular weight is 239 g/mol. The van der Waals surface area contributed by atoms with E-state index < -0.39 is 0 Å². The Hall–Kier alpha value is -1.22. The van der Waals surface area contributed by atoms with Crippen molar-refractivity contribution in [1.82, 2.24) is 0 Å². The lowest BCUT2D eigenvalue weighted by atomic mass is 10.1. The van der Waals surface area contributed by atoms with E-state index in [0.29, 0.717) is 5.39 Å². The van der Waals surface area contributed by atoms with E-state index in [1.165, 1.54) is 6.07 Å². The Morgan fingerprint density at radius 3 is 2.31 bits per heavy atom. The first-order valence-corrected chi connectivity index (χ1v) is 4.58. The number of phenols is 2. The Kier molecular flexibility index (Phi) is 1.88. The van der Waals surface area contributed by atoms with Crippen molar-refractivity contribution in [2.24, 2.45) is 0 Å². The molecule has 0 fully saturated rings. The van der Waals surface area contributed by atoms with Gasteiger partial charge in [0, 0.05) is 9.86 Å². The highest BCUT2D eigenvalue weighted by Crippen LogP contribution is 2.38. The van der Waals surface area contributed by atoms with Crippen molar-refractivity contribution in [3.8, 4) is 11.5 Å². The van der Waals surface area contributed by atoms with Gasteiger partial charge in [0.25, 0.3) is 0 Å². The van der Waals surface area contributed by atoms with Gasteiger partial charge in [-0.1, -0.05) is 40.2 Å². The lowest BCUT2D eigenvalue weighted by molar-refractivity contribution is 0.408. The molecule has 0 aliphatic carbocycles. The van der Waals surface area contributed by atoms with Crippen LogP contribution in [0, 0.1) is 0 Å². The van der Waals surface area contributed by atoms with Crippen LogP contribution in [0.25, 0.3) is 10.8 Å². The zero-order chi connectivity index (χ0) is 9.42. The summed E-state index contributed by atoms with van der Waals surface area (Å²) < 4.78 is 0.776. The number of hydrogen-bond acceptors (Lipinski definition) is 2. The zero-order valence-electron chi connectivity index (χ0n) is 6.66. The van der Waals surface area contributed by atoms with Gasteiger partial charge in [0.1, 0.15) is 0 Å². The van der Waals surface area contributed by atoms with Crippen molar-refractivity contribution >= 4 is 26.7 Å². The average Bonchev–Trinajstić information content (AvgIpc) is 2.15. The van der Waals surface area contributed by atoms with Crippen LogP contribution in [-0.4, -0.2) is 10.2 Å². The Balaban J connectivity index is 2.97. The van der Waals surface area contributed by atoms with E-state index in [1.807, 2.05) is 18.2 Å². The normalized spacial score (nSPS) is 10.5. The molecule has 2 aromatic rings. The van der Waals surface area contributed by atoms with Crippen molar-refractivity contribution in [2.75, 3.05) is 0 Å². The fourth-order valence-corrected chi connectivity index (χ4v) is 1.86. The summed E-state index contributed by atoms with van der Waals surface area (Å²) in [5, 5.41) is 20.4. The molecule has 2 nitrogen and oxygen atoms in total. The van der Waals surface area contributed by atoms with E-state index in [0.717, 1.165) is 9.86 Å². The Labute approximate surface area is 83.6 Å². The summed E-state index contributed by atoms with van der Waals surface area (Å²) in [6.07, 6.45) is 0. The molecule has 13 heavy (non-hydrogen) atoms. The smallest absolute Gasteiger partial charge is 0.165 e. The molecule has 0 amide bonds. The number of halogens is 1. The molecule has 0 unspecified atom stereocenters. The molecule has 2 N–H and O–H groups in total. The van der Waals surface area contributed by atoms with Crippen LogP contribution in [-0.2, 0) is 0 Å². The quantitative estimate of drug-likeness (QED) is 0.693. The molecule has 2 aromatic carbocycles. The molecular formula is C10H7BrO2. The first-order chi connectivity index (χ1) is 6.20. The highest BCUT2D eigenvalue weighted by Gasteiger charge is 2.07. The summed E-state index contributed by atoms with van der Waals surface area (Å²) in [7, 11) is 0. The van der Waals surface area contributed by atoms with Crippen molar-refractivity contribution < 1.29 is 10.2 Å². The van der Waals surface area contributed by atoms with E-state index >= 15 is 0 Å². The van der Waals surface area contributed by atoms with Crippen LogP contribution in [0.2, 0.25) is 0 Å². The first kappa shape index (κ1) is 8.38. The molecule has 0 aliphatic heterocycles. The van der Waals surface area contributed by atoms with Gasteiger partial charge in [-0.25, -0.2) is 0 Å². The topological polar surface area (TPSA) is 40.5 Å². The second kappa shape index (κ2) is 2.92. The number of fused-ring (bicyclic) bond motifs is 1. The summed E-state index contributed by atoms with van der Waals surface area (Å²) in [4.78, 5) is 0. The Bertz CT molecular complexity index is 466. The molecule has 0 saturated heterocycles. The Morgan fingerprint density at radius 1 is 1.00 bits per heavy atom. The molecule has 0 bridgehead atoms. The molecule has 0 radical (unpaired) electrons. The van der Waals surface area contributed by atoms with Gasteiger partial charge in [-0.15, -0.1) is 0 Å². The van der Waals surface area contributed by atoms with E-state index in [-0.39, 0.29) is 11.5 Å². The van der Waals surface area contributed by atoms with E-state index in [1.54, 1.807) is 6.07 Å². The monoisotopic (exact) mass is 238 g/mol. The van der Waals surface area contributed by atoms with Crippen molar-refractivity contribution in [2.45, 2.75) is 0 Å². The van der Waals surface area contributed by atoms with Crippen LogP contribution in [0.3, 0.4) is 0 Å². The molecular weight excluding hydrogens is 232 g/mol. The maximum atomic E-state index is 9.51. The van der Waals surface area contributed by atoms with Crippen LogP contribution in [0.1, 0.15) is 0 Å². The molecule has 2 rings (SSSR count). The molecule has 66 valence electrons. The van der Waals surface area contributed by atoms with Gasteiger partial charge < -0.3 is 10.2 Å². The van der Waals surface area contributed by atoms with Crippen LogP contribution in [0.15, 0.2) is 34.8 Å². The summed E-state index contributed by atoms with van der Waals surface area (Å²) in [6, 6.07) is 8.81. The highest BCUT2D eigenvalue weighted by atomic mass is 79.9. The second-order valence-corrected chi connectivity index (χ2v) is 3.63. The van der Waals surface area contributed by atoms with Crippen molar-refractivity contribution in [1.29, 1.82) is 0 Å². The van der Waals surface area contributed by atoms with Gasteiger partial charge in [-0.3, -0.25) is 0 Å². The Morgan fingerprint density at radius 2 is 1.62 bits per heavy atom. The number of rotatable bonds is 0. The molecule has 0 aromatic heterocycles. The van der Waals surface area contributed by atoms with Crippen LogP contribution >= 0.6 is 15.9 Å². The minimum absolute atomic E-state index is 0.0706. The zero-order valence-corrected chi connectivity index (χ0v) is 8.25. The molecule has 0 saturated carbocycles. The lowest BCUT2D eigenvalue weighted by Gasteiger charge is -2.04. The largest absolute Gasteiger partial charge is 0.504 e. The molecule has 0 heterocycles. The van der Waals surface area contributed by atoms with Gasteiger partial charge in [0.15, 0.2) is 11.5 Å². The van der Waals surface area contributed by atoms with Gasteiger partial charge in [-0.05, 0) is 11.5 Å². The number of benzene rings is 2. The molecule has 0 spiro atoms. The summed E-state index contributed by atoms with van der Waals surface area (Å²) >= 11 is 3.31. The minimum Gasteiger partial charge on any atom is -0.504 e. The maximum absolute atomic E-state index is 9.51. The maximum Gasteiger partial charge on any atom is 0.165 e. The van der Waals surface area contributed by atoms with Crippen LogP contribution in [0.5, 0.6) is 11.5 Å². The minimum atomic E-state index is -0.106. The fraction of sp³-hybridized carbons (Fsp3) is 0. The van der Waals surface area contributed by atoms with Crippen LogP contribution < -0.4 is 0 Å². The SMILES string of the molecule is Oc1cc(Br)c2ccccc2c1O. The standard InChI is InChI=1S/C10H7BrO2/c11-8-5-9(12)10(13)7-4-2-1-3-6(7)8/h1-5,12-13H. The second-order valence-electron chi connectivity index (χ2n) is 2.77. The lowest BCUT2D eigenvalue weighted by Crippen LogP contribution is -1.76. The van der Waals surface area contributed by atoms with Gasteiger partial charge in [-0.2, -0.15) is 0 Å². The summed E-state index contributed by atoms with van der Waals surface area (Å²) in [5.41, 5.74) is 0. The first-order valence-electron chi connectivity index (χ1n) is 3.79. The van der Waals surface area contributed by atoms with E-state index in [2.05, 4.69) is 15.9 Å². The third kappa shape index (κ3) is 1.25. The summed E-state index contributed by atoms with van der Waals surface area (Å²) in [6.45, 7) is 0.